The Morgan fingerprint density at radius 1 is 0.531 bits per heavy atom. The Labute approximate surface area is 188 Å². The van der Waals surface area contributed by atoms with Crippen LogP contribution in [0.5, 0.6) is 0 Å². The van der Waals surface area contributed by atoms with E-state index in [9.17, 15) is 4.57 Å². The van der Waals surface area contributed by atoms with E-state index in [1.807, 2.05) is 53.8 Å². The van der Waals surface area contributed by atoms with Gasteiger partial charge in [0.15, 0.2) is 0 Å². The fraction of sp³-hybridized carbons (Fsp3) is 0.0714. The minimum Gasteiger partial charge on any atom is -0.306 e. The number of benzene rings is 5. The maximum Gasteiger partial charge on any atom is 0.292 e. The molecule has 0 aliphatic carbocycles. The van der Waals surface area contributed by atoms with E-state index in [1.165, 1.54) is 21.5 Å². The molecule has 4 heteroatoms. The molecule has 0 atom stereocenters. The predicted octanol–water partition coefficient (Wildman–Crippen LogP) is 7.06. The Morgan fingerprint density at radius 3 is 1.47 bits per heavy atom. The number of anilines is 2. The lowest BCUT2D eigenvalue weighted by atomic mass is 9.91. The van der Waals surface area contributed by atoms with E-state index >= 15 is 0 Å². The molecule has 0 spiro atoms. The molecule has 32 heavy (non-hydrogen) atoms. The third kappa shape index (κ3) is 2.52. The van der Waals surface area contributed by atoms with Crippen LogP contribution in [0.25, 0.3) is 32.7 Å². The fourth-order valence-electron chi connectivity index (χ4n) is 5.05. The van der Waals surface area contributed by atoms with Gasteiger partial charge in [-0.15, -0.1) is 0 Å². The van der Waals surface area contributed by atoms with Crippen molar-refractivity contribution in [2.75, 3.05) is 23.4 Å². The van der Waals surface area contributed by atoms with Gasteiger partial charge in [0.05, 0.1) is 16.7 Å². The second-order valence-electron chi connectivity index (χ2n) is 8.29. The highest BCUT2D eigenvalue weighted by atomic mass is 31.2. The molecule has 0 fully saturated rings. The van der Waals surface area contributed by atoms with E-state index in [1.54, 1.807) is 0 Å². The molecule has 1 heterocycles. The van der Waals surface area contributed by atoms with Gasteiger partial charge in [-0.05, 0) is 45.8 Å². The topological polar surface area (TPSA) is 23.6 Å². The van der Waals surface area contributed by atoms with Gasteiger partial charge in [-0.1, -0.05) is 78.9 Å². The fourth-order valence-corrected chi connectivity index (χ4v) is 7.62. The molecule has 0 saturated heterocycles. The van der Waals surface area contributed by atoms with Crippen LogP contribution in [-0.4, -0.2) is 14.1 Å². The molecule has 156 valence electrons. The summed E-state index contributed by atoms with van der Waals surface area (Å²) in [5.74, 6) is 0. The smallest absolute Gasteiger partial charge is 0.292 e. The van der Waals surface area contributed by atoms with Gasteiger partial charge in [0.25, 0.3) is 7.44 Å². The number of fused-ring (bicyclic) bond motifs is 7. The van der Waals surface area contributed by atoms with Crippen LogP contribution in [0.1, 0.15) is 0 Å². The molecule has 0 amide bonds. The number of nitrogens with zero attached hydrogens (tertiary/aromatic N) is 2. The number of rotatable bonds is 1. The van der Waals surface area contributed by atoms with E-state index < -0.39 is 7.44 Å². The van der Waals surface area contributed by atoms with Crippen LogP contribution in [0.2, 0.25) is 0 Å². The van der Waals surface area contributed by atoms with Crippen molar-refractivity contribution >= 4 is 45.7 Å². The third-order valence-corrected chi connectivity index (χ3v) is 9.70. The quantitative estimate of drug-likeness (QED) is 0.264. The molecular formula is C28H23N2OP. The average Bonchev–Trinajstić information content (AvgIpc) is 2.93. The van der Waals surface area contributed by atoms with E-state index in [0.717, 1.165) is 27.8 Å². The maximum atomic E-state index is 15.0. The van der Waals surface area contributed by atoms with Crippen LogP contribution in [-0.2, 0) is 4.57 Å². The minimum atomic E-state index is -3.15. The highest BCUT2D eigenvalue weighted by molar-refractivity contribution is 7.74. The molecule has 3 nitrogen and oxygen atoms in total. The van der Waals surface area contributed by atoms with Gasteiger partial charge >= 0.3 is 0 Å². The molecule has 5 aromatic carbocycles. The van der Waals surface area contributed by atoms with Gasteiger partial charge in [-0.25, -0.2) is 0 Å². The van der Waals surface area contributed by atoms with Crippen molar-refractivity contribution in [3.05, 3.63) is 103 Å². The molecule has 0 saturated carbocycles. The van der Waals surface area contributed by atoms with Crippen LogP contribution < -0.4 is 14.6 Å². The summed E-state index contributed by atoms with van der Waals surface area (Å²) in [4.78, 5) is 0. The molecule has 0 N–H and O–H groups in total. The largest absolute Gasteiger partial charge is 0.306 e. The first-order valence-electron chi connectivity index (χ1n) is 10.8. The summed E-state index contributed by atoms with van der Waals surface area (Å²) in [6.45, 7) is 0. The molecule has 1 aliphatic rings. The van der Waals surface area contributed by atoms with Gasteiger partial charge in [-0.2, -0.15) is 0 Å². The molecule has 0 bridgehead atoms. The highest BCUT2D eigenvalue weighted by Crippen LogP contribution is 2.62. The van der Waals surface area contributed by atoms with Gasteiger partial charge in [0.2, 0.25) is 0 Å². The summed E-state index contributed by atoms with van der Waals surface area (Å²) < 4.78 is 19.0. The summed E-state index contributed by atoms with van der Waals surface area (Å²) in [6, 6.07) is 35.3. The number of hydrogen-bond donors (Lipinski definition) is 0. The summed E-state index contributed by atoms with van der Waals surface area (Å²) in [7, 11) is 0.783. The molecule has 0 radical (unpaired) electrons. The zero-order chi connectivity index (χ0) is 21.9. The second kappa shape index (κ2) is 6.98. The first-order chi connectivity index (χ1) is 15.6. The molecule has 6 rings (SSSR count). The second-order valence-corrected chi connectivity index (χ2v) is 11.1. The summed E-state index contributed by atoms with van der Waals surface area (Å²) in [5, 5.41) is 5.52. The monoisotopic (exact) mass is 434 g/mol. The third-order valence-electron chi connectivity index (χ3n) is 6.67. The normalized spacial score (nSPS) is 14.8. The van der Waals surface area contributed by atoms with E-state index in [2.05, 4.69) is 72.8 Å². The Bertz CT molecular complexity index is 1450. The number of hydrogen-bond acceptors (Lipinski definition) is 1. The van der Waals surface area contributed by atoms with Gasteiger partial charge in [0, 0.05) is 25.2 Å². The lowest BCUT2D eigenvalue weighted by molar-refractivity contribution is 0.579. The summed E-state index contributed by atoms with van der Waals surface area (Å²) in [6.07, 6.45) is 0. The van der Waals surface area contributed by atoms with Crippen LogP contribution >= 0.6 is 7.44 Å². The standard InChI is InChI=1S/C28H23N2OP/c1-29-25-18-16-20-10-6-8-14-23(20)27(25)28-24-15-9-7-11-21(24)17-19-26(28)30(2)32(29,31)22-12-4-3-5-13-22/h3-19H,1-2H3. The van der Waals surface area contributed by atoms with Crippen molar-refractivity contribution in [1.82, 2.24) is 0 Å². The Kier molecular flexibility index (Phi) is 4.18. The van der Waals surface area contributed by atoms with Crippen LogP contribution in [0.15, 0.2) is 103 Å². The van der Waals surface area contributed by atoms with Gasteiger partial charge in [-0.3, -0.25) is 4.57 Å². The van der Waals surface area contributed by atoms with Crippen molar-refractivity contribution in [3.8, 4) is 11.1 Å². The van der Waals surface area contributed by atoms with Crippen LogP contribution in [0.4, 0.5) is 11.4 Å². The van der Waals surface area contributed by atoms with E-state index in [4.69, 9.17) is 0 Å². The van der Waals surface area contributed by atoms with Crippen LogP contribution in [0, 0.1) is 0 Å². The van der Waals surface area contributed by atoms with Gasteiger partial charge in [0.1, 0.15) is 0 Å². The molecule has 5 aromatic rings. The Morgan fingerprint density at radius 2 is 0.969 bits per heavy atom. The summed E-state index contributed by atoms with van der Waals surface area (Å²) in [5.41, 5.74) is 4.24. The van der Waals surface area contributed by atoms with E-state index in [0.29, 0.717) is 0 Å². The van der Waals surface area contributed by atoms with Crippen molar-refractivity contribution < 1.29 is 4.57 Å². The van der Waals surface area contributed by atoms with Crippen molar-refractivity contribution in [2.24, 2.45) is 0 Å². The first-order valence-corrected chi connectivity index (χ1v) is 12.4. The summed E-state index contributed by atoms with van der Waals surface area (Å²) >= 11 is 0. The Balaban J connectivity index is 1.83. The van der Waals surface area contributed by atoms with Crippen molar-refractivity contribution in [1.29, 1.82) is 0 Å². The highest BCUT2D eigenvalue weighted by Gasteiger charge is 2.41. The van der Waals surface area contributed by atoms with Crippen LogP contribution in [0.3, 0.4) is 0 Å². The zero-order valence-electron chi connectivity index (χ0n) is 18.1. The van der Waals surface area contributed by atoms with Gasteiger partial charge < -0.3 is 9.34 Å². The molecule has 0 unspecified atom stereocenters. The Hall–Kier alpha value is -3.55. The van der Waals surface area contributed by atoms with Crippen molar-refractivity contribution in [3.63, 3.8) is 0 Å². The molecular weight excluding hydrogens is 411 g/mol. The SMILES string of the molecule is CN1c2ccc3ccccc3c2-c2c(ccc3ccccc23)N(C)P1(=O)c1ccccc1. The predicted molar refractivity (Wildman–Crippen MR) is 137 cm³/mol. The minimum absolute atomic E-state index is 0.824. The zero-order valence-corrected chi connectivity index (χ0v) is 19.0. The molecule has 0 aromatic heterocycles. The lowest BCUT2D eigenvalue weighted by Gasteiger charge is -2.36. The van der Waals surface area contributed by atoms with E-state index in [-0.39, 0.29) is 0 Å². The molecule has 1 aliphatic heterocycles. The first kappa shape index (κ1) is 19.2. The lowest BCUT2D eigenvalue weighted by Crippen LogP contribution is -2.32. The average molecular weight is 434 g/mol. The maximum absolute atomic E-state index is 15.0. The van der Waals surface area contributed by atoms with Crippen molar-refractivity contribution in [2.45, 2.75) is 0 Å².